The van der Waals surface area contributed by atoms with Crippen LogP contribution in [0.25, 0.3) is 0 Å². The van der Waals surface area contributed by atoms with Gasteiger partial charge in [-0.3, -0.25) is 4.79 Å². The lowest BCUT2D eigenvalue weighted by Crippen LogP contribution is -2.31. The minimum Gasteiger partial charge on any atom is -0.490 e. The van der Waals surface area contributed by atoms with E-state index in [1.54, 1.807) is 38.4 Å². The number of aromatic nitrogens is 1. The third kappa shape index (κ3) is 4.32. The zero-order chi connectivity index (χ0) is 17.6. The number of carbonyl (C=O) groups excluding carboxylic acids is 1. The molecule has 1 aromatic heterocycles. The van der Waals surface area contributed by atoms with Crippen LogP contribution >= 0.6 is 0 Å². The van der Waals surface area contributed by atoms with E-state index in [0.717, 1.165) is 12.1 Å². The van der Waals surface area contributed by atoms with Crippen LogP contribution in [-0.2, 0) is 4.79 Å². The third-order valence-electron chi connectivity index (χ3n) is 3.74. The predicted octanol–water partition coefficient (Wildman–Crippen LogP) is 2.69. The summed E-state index contributed by atoms with van der Waals surface area (Å²) in [7, 11) is 1.56. The fourth-order valence-corrected chi connectivity index (χ4v) is 2.39. The highest BCUT2D eigenvalue weighted by atomic mass is 16.5. The molecule has 1 amide bonds. The highest BCUT2D eigenvalue weighted by molar-refractivity contribution is 5.96. The van der Waals surface area contributed by atoms with Gasteiger partial charge < -0.3 is 24.8 Å². The molecule has 0 saturated carbocycles. The molecule has 2 N–H and O–H groups in total. The van der Waals surface area contributed by atoms with E-state index in [-0.39, 0.29) is 5.91 Å². The predicted molar refractivity (Wildman–Crippen MR) is 94.6 cm³/mol. The normalized spacial score (nSPS) is 14.2. The van der Waals surface area contributed by atoms with Crippen molar-refractivity contribution in [1.29, 1.82) is 0 Å². The topological polar surface area (TPSA) is 81.7 Å². The molecule has 2 heterocycles. The Balaban J connectivity index is 1.61. The monoisotopic (exact) mass is 343 g/mol. The molecule has 0 bridgehead atoms. The van der Waals surface area contributed by atoms with E-state index in [2.05, 4.69) is 15.6 Å². The molecule has 3 rings (SSSR count). The van der Waals surface area contributed by atoms with Crippen molar-refractivity contribution in [3.05, 3.63) is 36.5 Å². The maximum atomic E-state index is 12.4. The standard InChI is InChI=1S/C18H21N3O4/c1-12(20-14-5-7-17(23-2)19-11-14)18(22)21-13-4-6-15-16(10-13)25-9-3-8-24-15/h4-7,10-12,20H,3,8-9H2,1-2H3,(H,21,22)/t12-/m0/s1. The van der Waals surface area contributed by atoms with Crippen molar-refractivity contribution in [2.45, 2.75) is 19.4 Å². The van der Waals surface area contributed by atoms with Gasteiger partial charge in [0.25, 0.3) is 0 Å². The first-order valence-corrected chi connectivity index (χ1v) is 8.13. The first-order chi connectivity index (χ1) is 12.2. The Morgan fingerprint density at radius 1 is 1.16 bits per heavy atom. The van der Waals surface area contributed by atoms with Gasteiger partial charge in [-0.1, -0.05) is 0 Å². The van der Waals surface area contributed by atoms with Gasteiger partial charge in [0.05, 0.1) is 32.2 Å². The van der Waals surface area contributed by atoms with Gasteiger partial charge in [0.15, 0.2) is 11.5 Å². The van der Waals surface area contributed by atoms with Gasteiger partial charge in [-0.15, -0.1) is 0 Å². The number of carbonyl (C=O) groups is 1. The molecule has 7 nitrogen and oxygen atoms in total. The highest BCUT2D eigenvalue weighted by Crippen LogP contribution is 2.32. The van der Waals surface area contributed by atoms with Crippen LogP contribution in [0.15, 0.2) is 36.5 Å². The number of methoxy groups -OCH3 is 1. The molecule has 1 aliphatic heterocycles. The maximum absolute atomic E-state index is 12.4. The number of hydrogen-bond acceptors (Lipinski definition) is 6. The van der Waals surface area contributed by atoms with Gasteiger partial charge in [-0.05, 0) is 25.1 Å². The molecular formula is C18H21N3O4. The van der Waals surface area contributed by atoms with Crippen LogP contribution in [0.1, 0.15) is 13.3 Å². The van der Waals surface area contributed by atoms with Gasteiger partial charge in [0, 0.05) is 24.2 Å². The quantitative estimate of drug-likeness (QED) is 0.869. The molecule has 2 aromatic rings. The number of rotatable bonds is 5. The van der Waals surface area contributed by atoms with Crippen LogP contribution in [-0.4, -0.2) is 37.3 Å². The summed E-state index contributed by atoms with van der Waals surface area (Å²) in [6.07, 6.45) is 2.46. The van der Waals surface area contributed by atoms with E-state index in [4.69, 9.17) is 14.2 Å². The molecule has 1 aromatic carbocycles. The summed E-state index contributed by atoms with van der Waals surface area (Å²) < 4.78 is 16.2. The third-order valence-corrected chi connectivity index (χ3v) is 3.74. The molecule has 0 fully saturated rings. The van der Waals surface area contributed by atoms with E-state index in [1.807, 2.05) is 12.1 Å². The summed E-state index contributed by atoms with van der Waals surface area (Å²) in [5, 5.41) is 5.97. The number of pyridine rings is 1. The Hall–Kier alpha value is -2.96. The fraction of sp³-hybridized carbons (Fsp3) is 0.333. The molecule has 0 spiro atoms. The summed E-state index contributed by atoms with van der Waals surface area (Å²) in [5.41, 5.74) is 1.40. The Kier molecular flexibility index (Phi) is 5.23. The van der Waals surface area contributed by atoms with Gasteiger partial charge in [-0.25, -0.2) is 4.98 Å². The van der Waals surface area contributed by atoms with Crippen molar-refractivity contribution in [3.63, 3.8) is 0 Å². The molecular weight excluding hydrogens is 322 g/mol. The summed E-state index contributed by atoms with van der Waals surface area (Å²) in [6.45, 7) is 3.02. The number of anilines is 2. The van der Waals surface area contributed by atoms with Crippen molar-refractivity contribution < 1.29 is 19.0 Å². The Morgan fingerprint density at radius 2 is 1.92 bits per heavy atom. The van der Waals surface area contributed by atoms with Crippen LogP contribution in [0.4, 0.5) is 11.4 Å². The maximum Gasteiger partial charge on any atom is 0.246 e. The lowest BCUT2D eigenvalue weighted by molar-refractivity contribution is -0.116. The first kappa shape index (κ1) is 16.9. The minimum absolute atomic E-state index is 0.162. The Morgan fingerprint density at radius 3 is 2.64 bits per heavy atom. The zero-order valence-electron chi connectivity index (χ0n) is 14.2. The van der Waals surface area contributed by atoms with Crippen LogP contribution in [0.2, 0.25) is 0 Å². The molecule has 7 heteroatoms. The van der Waals surface area contributed by atoms with Crippen molar-refractivity contribution in [1.82, 2.24) is 4.98 Å². The molecule has 1 aliphatic rings. The summed E-state index contributed by atoms with van der Waals surface area (Å²) >= 11 is 0. The number of benzene rings is 1. The number of amides is 1. The summed E-state index contributed by atoms with van der Waals surface area (Å²) in [5.74, 6) is 1.71. The van der Waals surface area contributed by atoms with Crippen molar-refractivity contribution >= 4 is 17.3 Å². The van der Waals surface area contributed by atoms with Gasteiger partial charge in [-0.2, -0.15) is 0 Å². The van der Waals surface area contributed by atoms with Crippen LogP contribution in [0.5, 0.6) is 17.4 Å². The van der Waals surface area contributed by atoms with E-state index < -0.39 is 6.04 Å². The largest absolute Gasteiger partial charge is 0.490 e. The molecule has 132 valence electrons. The minimum atomic E-state index is -0.439. The summed E-state index contributed by atoms with van der Waals surface area (Å²) in [4.78, 5) is 16.5. The van der Waals surface area contributed by atoms with Crippen molar-refractivity contribution in [2.24, 2.45) is 0 Å². The molecule has 0 unspecified atom stereocenters. The van der Waals surface area contributed by atoms with E-state index in [1.165, 1.54) is 0 Å². The number of fused-ring (bicyclic) bond motifs is 1. The molecule has 0 radical (unpaired) electrons. The van der Waals surface area contributed by atoms with E-state index in [9.17, 15) is 4.79 Å². The Bertz CT molecular complexity index is 734. The summed E-state index contributed by atoms with van der Waals surface area (Å²) in [6, 6.07) is 8.49. The van der Waals surface area contributed by atoms with Gasteiger partial charge in [0.1, 0.15) is 6.04 Å². The average Bonchev–Trinajstić information content (AvgIpc) is 2.87. The van der Waals surface area contributed by atoms with Crippen LogP contribution < -0.4 is 24.8 Å². The second kappa shape index (κ2) is 7.74. The number of nitrogens with zero attached hydrogens (tertiary/aromatic N) is 1. The number of hydrogen-bond donors (Lipinski definition) is 2. The highest BCUT2D eigenvalue weighted by Gasteiger charge is 2.15. The van der Waals surface area contributed by atoms with E-state index in [0.29, 0.717) is 36.3 Å². The van der Waals surface area contributed by atoms with E-state index >= 15 is 0 Å². The number of ether oxygens (including phenoxy) is 3. The molecule has 25 heavy (non-hydrogen) atoms. The molecule has 0 aliphatic carbocycles. The first-order valence-electron chi connectivity index (χ1n) is 8.13. The Labute approximate surface area is 146 Å². The average molecular weight is 343 g/mol. The molecule has 0 saturated heterocycles. The second-order valence-electron chi connectivity index (χ2n) is 5.66. The lowest BCUT2D eigenvalue weighted by atomic mass is 10.2. The van der Waals surface area contributed by atoms with Crippen LogP contribution in [0.3, 0.4) is 0 Å². The SMILES string of the molecule is COc1ccc(N[C@@H](C)C(=O)Nc2ccc3c(c2)OCCCO3)cn1. The lowest BCUT2D eigenvalue weighted by Gasteiger charge is -2.16. The van der Waals surface area contributed by atoms with Gasteiger partial charge in [0.2, 0.25) is 11.8 Å². The zero-order valence-corrected chi connectivity index (χ0v) is 14.2. The van der Waals surface area contributed by atoms with Gasteiger partial charge >= 0.3 is 0 Å². The smallest absolute Gasteiger partial charge is 0.246 e. The van der Waals surface area contributed by atoms with Crippen molar-refractivity contribution in [2.75, 3.05) is 31.0 Å². The number of nitrogens with one attached hydrogen (secondary N) is 2. The second-order valence-corrected chi connectivity index (χ2v) is 5.66. The van der Waals surface area contributed by atoms with Crippen molar-refractivity contribution in [3.8, 4) is 17.4 Å². The fourth-order valence-electron chi connectivity index (χ4n) is 2.39. The molecule has 1 atom stereocenters. The van der Waals surface area contributed by atoms with Crippen LogP contribution in [0, 0.1) is 0 Å².